The lowest BCUT2D eigenvalue weighted by Crippen LogP contribution is -2.57. The van der Waals surface area contributed by atoms with Crippen LogP contribution in [0.4, 0.5) is 4.39 Å². The van der Waals surface area contributed by atoms with Crippen molar-refractivity contribution in [2.45, 2.75) is 31.2 Å². The molecular formula is C26H30FN3O4. The summed E-state index contributed by atoms with van der Waals surface area (Å²) in [5.41, 5.74) is 0.659. The number of carbonyl (C=O) groups is 3. The molecule has 2 aromatic rings. The number of amides is 3. The number of nitrogens with zero attached hydrogens (tertiary/aromatic N) is 2. The third kappa shape index (κ3) is 4.42. The Bertz CT molecular complexity index is 1080. The molecule has 1 atom stereocenters. The second-order valence-electron chi connectivity index (χ2n) is 8.86. The van der Waals surface area contributed by atoms with Crippen molar-refractivity contribution in [2.24, 2.45) is 0 Å². The Kier molecular flexibility index (Phi) is 6.97. The molecule has 0 spiro atoms. The standard InChI is InChI=1S/C26H30FN3O4/c1-18(31)30-13-12-29(17-23(30)19-6-5-7-20(16-19)24(32)28-2)25(33)26(10-14-34-15-11-26)21-8-3-4-9-22(21)27/h3-9,16,23H,10-15,17H2,1-2H3,(H,28,32). The van der Waals surface area contributed by atoms with Crippen molar-refractivity contribution in [2.75, 3.05) is 39.9 Å². The van der Waals surface area contributed by atoms with Crippen LogP contribution in [0.5, 0.6) is 0 Å². The largest absolute Gasteiger partial charge is 0.381 e. The summed E-state index contributed by atoms with van der Waals surface area (Å²) >= 11 is 0. The molecule has 0 aromatic heterocycles. The van der Waals surface area contributed by atoms with Crippen molar-refractivity contribution in [1.82, 2.24) is 15.1 Å². The lowest BCUT2D eigenvalue weighted by molar-refractivity contribution is -0.148. The highest BCUT2D eigenvalue weighted by atomic mass is 19.1. The van der Waals surface area contributed by atoms with E-state index in [0.29, 0.717) is 50.3 Å². The number of rotatable bonds is 4. The molecule has 0 radical (unpaired) electrons. The van der Waals surface area contributed by atoms with Crippen LogP contribution in [-0.4, -0.2) is 67.4 Å². The van der Waals surface area contributed by atoms with Crippen molar-refractivity contribution >= 4 is 17.7 Å². The van der Waals surface area contributed by atoms with E-state index in [1.54, 1.807) is 53.2 Å². The van der Waals surface area contributed by atoms with Crippen LogP contribution >= 0.6 is 0 Å². The number of hydrogen-bond acceptors (Lipinski definition) is 4. The number of carbonyl (C=O) groups excluding carboxylic acids is 3. The second-order valence-corrected chi connectivity index (χ2v) is 8.86. The van der Waals surface area contributed by atoms with E-state index in [2.05, 4.69) is 5.32 Å². The molecule has 2 fully saturated rings. The molecule has 1 unspecified atom stereocenters. The highest BCUT2D eigenvalue weighted by Crippen LogP contribution is 2.39. The van der Waals surface area contributed by atoms with Gasteiger partial charge < -0.3 is 19.9 Å². The monoisotopic (exact) mass is 467 g/mol. The van der Waals surface area contributed by atoms with Crippen LogP contribution in [0, 0.1) is 5.82 Å². The fourth-order valence-electron chi connectivity index (χ4n) is 5.13. The molecule has 180 valence electrons. The van der Waals surface area contributed by atoms with Crippen molar-refractivity contribution < 1.29 is 23.5 Å². The third-order valence-electron chi connectivity index (χ3n) is 6.98. The summed E-state index contributed by atoms with van der Waals surface area (Å²) in [5, 5.41) is 2.61. The molecule has 0 aliphatic carbocycles. The van der Waals surface area contributed by atoms with E-state index in [9.17, 15) is 18.8 Å². The van der Waals surface area contributed by atoms with Gasteiger partial charge in [-0.1, -0.05) is 30.3 Å². The van der Waals surface area contributed by atoms with Crippen LogP contribution in [0.15, 0.2) is 48.5 Å². The number of benzene rings is 2. The predicted molar refractivity (Wildman–Crippen MR) is 125 cm³/mol. The SMILES string of the molecule is CNC(=O)c1cccc(C2CN(C(=O)C3(c4ccccc4F)CCOCC3)CCN2C(C)=O)c1. The minimum atomic E-state index is -1.00. The Balaban J connectivity index is 1.68. The molecule has 7 nitrogen and oxygen atoms in total. The van der Waals surface area contributed by atoms with Crippen LogP contribution in [0.1, 0.15) is 47.3 Å². The van der Waals surface area contributed by atoms with Crippen LogP contribution < -0.4 is 5.32 Å². The molecule has 2 aromatic carbocycles. The molecule has 2 aliphatic rings. The topological polar surface area (TPSA) is 79.0 Å². The molecule has 34 heavy (non-hydrogen) atoms. The maximum Gasteiger partial charge on any atom is 0.251 e. The molecule has 3 amide bonds. The number of halogens is 1. The van der Waals surface area contributed by atoms with Crippen LogP contribution in [-0.2, 0) is 19.7 Å². The number of hydrogen-bond donors (Lipinski definition) is 1. The zero-order valence-corrected chi connectivity index (χ0v) is 19.6. The Hall–Kier alpha value is -3.26. The predicted octanol–water partition coefficient (Wildman–Crippen LogP) is 2.67. The molecule has 2 saturated heterocycles. The van der Waals surface area contributed by atoms with Gasteiger partial charge in [-0.3, -0.25) is 14.4 Å². The van der Waals surface area contributed by atoms with Gasteiger partial charge in [-0.2, -0.15) is 0 Å². The third-order valence-corrected chi connectivity index (χ3v) is 6.98. The van der Waals surface area contributed by atoms with Crippen LogP contribution in [0.2, 0.25) is 0 Å². The van der Waals surface area contributed by atoms with Gasteiger partial charge in [0.25, 0.3) is 5.91 Å². The fraction of sp³-hybridized carbons (Fsp3) is 0.423. The minimum absolute atomic E-state index is 0.0997. The minimum Gasteiger partial charge on any atom is -0.381 e. The molecule has 0 bridgehead atoms. The van der Waals surface area contributed by atoms with Gasteiger partial charge in [0.1, 0.15) is 5.82 Å². The Labute approximate surface area is 198 Å². The van der Waals surface area contributed by atoms with E-state index < -0.39 is 17.3 Å². The van der Waals surface area contributed by atoms with E-state index in [4.69, 9.17) is 4.74 Å². The van der Waals surface area contributed by atoms with Gasteiger partial charge >= 0.3 is 0 Å². The van der Waals surface area contributed by atoms with Crippen LogP contribution in [0.3, 0.4) is 0 Å². The zero-order valence-electron chi connectivity index (χ0n) is 19.6. The quantitative estimate of drug-likeness (QED) is 0.750. The van der Waals surface area contributed by atoms with Gasteiger partial charge in [-0.25, -0.2) is 4.39 Å². The molecule has 2 heterocycles. The maximum absolute atomic E-state index is 14.9. The van der Waals surface area contributed by atoms with Gasteiger partial charge in [-0.15, -0.1) is 0 Å². The number of piperazine rings is 1. The molecule has 1 N–H and O–H groups in total. The average Bonchev–Trinajstić information content (AvgIpc) is 2.88. The highest BCUT2D eigenvalue weighted by molar-refractivity contribution is 5.94. The Morgan fingerprint density at radius 1 is 1.06 bits per heavy atom. The zero-order chi connectivity index (χ0) is 24.3. The normalized spacial score (nSPS) is 20.0. The van der Waals surface area contributed by atoms with Crippen molar-refractivity contribution in [3.8, 4) is 0 Å². The van der Waals surface area contributed by atoms with Gasteiger partial charge in [0.05, 0.1) is 11.5 Å². The fourth-order valence-corrected chi connectivity index (χ4v) is 5.13. The maximum atomic E-state index is 14.9. The summed E-state index contributed by atoms with van der Waals surface area (Å²) in [7, 11) is 1.56. The first kappa shape index (κ1) is 23.9. The Morgan fingerprint density at radius 3 is 2.47 bits per heavy atom. The summed E-state index contributed by atoms with van der Waals surface area (Å²) in [6.07, 6.45) is 0.799. The van der Waals surface area contributed by atoms with Crippen molar-refractivity contribution in [3.05, 3.63) is 71.0 Å². The first-order valence-electron chi connectivity index (χ1n) is 11.6. The van der Waals surface area contributed by atoms with Crippen molar-refractivity contribution in [3.63, 3.8) is 0 Å². The lowest BCUT2D eigenvalue weighted by atomic mass is 9.72. The summed E-state index contributed by atoms with van der Waals surface area (Å²) in [6, 6.07) is 13.2. The average molecular weight is 468 g/mol. The highest BCUT2D eigenvalue weighted by Gasteiger charge is 2.47. The van der Waals surface area contributed by atoms with Gasteiger partial charge in [0.15, 0.2) is 0 Å². The number of nitrogens with one attached hydrogen (secondary N) is 1. The van der Waals surface area contributed by atoms with E-state index in [0.717, 1.165) is 5.56 Å². The summed E-state index contributed by atoms with van der Waals surface area (Å²) in [4.78, 5) is 42.1. The van der Waals surface area contributed by atoms with Gasteiger partial charge in [0.2, 0.25) is 11.8 Å². The van der Waals surface area contributed by atoms with Gasteiger partial charge in [0, 0.05) is 57.9 Å². The molecule has 2 aliphatic heterocycles. The molecular weight excluding hydrogens is 437 g/mol. The smallest absolute Gasteiger partial charge is 0.251 e. The molecule has 0 saturated carbocycles. The van der Waals surface area contributed by atoms with Crippen LogP contribution in [0.25, 0.3) is 0 Å². The second kappa shape index (κ2) is 9.93. The van der Waals surface area contributed by atoms with E-state index >= 15 is 0 Å². The molecule has 4 rings (SSSR count). The first-order chi connectivity index (χ1) is 16.4. The van der Waals surface area contributed by atoms with Gasteiger partial charge in [-0.05, 0) is 36.6 Å². The first-order valence-corrected chi connectivity index (χ1v) is 11.6. The number of ether oxygens (including phenoxy) is 1. The molecule has 8 heteroatoms. The van der Waals surface area contributed by atoms with Crippen molar-refractivity contribution in [1.29, 1.82) is 0 Å². The van der Waals surface area contributed by atoms with E-state index in [1.165, 1.54) is 13.0 Å². The van der Waals surface area contributed by atoms with E-state index in [1.807, 2.05) is 6.07 Å². The summed E-state index contributed by atoms with van der Waals surface area (Å²) in [6.45, 7) is 3.26. The Morgan fingerprint density at radius 2 is 1.79 bits per heavy atom. The lowest BCUT2D eigenvalue weighted by Gasteiger charge is -2.46. The summed E-state index contributed by atoms with van der Waals surface area (Å²) < 4.78 is 20.4. The van der Waals surface area contributed by atoms with E-state index in [-0.39, 0.29) is 24.3 Å². The summed E-state index contributed by atoms with van der Waals surface area (Å²) in [5.74, 6) is -0.857.